The third-order valence-corrected chi connectivity index (χ3v) is 12.4. The molecule has 4 nitrogen and oxygen atoms in total. The number of para-hydroxylation sites is 4. The zero-order chi connectivity index (χ0) is 36.0. The van der Waals surface area contributed by atoms with Crippen LogP contribution in [0.3, 0.4) is 0 Å². The molecule has 0 saturated heterocycles. The maximum absolute atomic E-state index is 5.47. The largest absolute Gasteiger partial charge is 0.306 e. The lowest BCUT2D eigenvalue weighted by molar-refractivity contribution is 1.08. The van der Waals surface area contributed by atoms with Gasteiger partial charge in [0, 0.05) is 42.6 Å². The highest BCUT2D eigenvalue weighted by Crippen LogP contribution is 2.46. The van der Waals surface area contributed by atoms with Gasteiger partial charge in [-0.25, -0.2) is 9.97 Å². The summed E-state index contributed by atoms with van der Waals surface area (Å²) in [5, 5.41) is 7.31. The fourth-order valence-electron chi connectivity index (χ4n) is 8.73. The molecule has 0 radical (unpaired) electrons. The van der Waals surface area contributed by atoms with Crippen LogP contribution < -0.4 is 0 Å². The maximum Gasteiger partial charge on any atom is 0.165 e. The summed E-state index contributed by atoms with van der Waals surface area (Å²) in [5.74, 6) is 0.813. The summed E-state index contributed by atoms with van der Waals surface area (Å²) in [6.45, 7) is 0. The van der Waals surface area contributed by atoms with E-state index in [1.54, 1.807) is 0 Å². The van der Waals surface area contributed by atoms with Crippen molar-refractivity contribution in [3.63, 3.8) is 0 Å². The molecular weight excluding hydrogens is 689 g/mol. The standard InChI is InChI=1S/C50H30N4S/c1-3-15-31(16-4-1)33-21-13-22-38-39-23-14-28-44(49(39)55-48(33)38)53-42-26-11-7-19-34(42)36-29-30-37-35-20-8-12-27-43(35)54(47(37)46(36)53)50-45(32-17-5-2-6-18-32)51-40-24-9-10-25-41(40)52-50/h1-30H. The smallest absolute Gasteiger partial charge is 0.165 e. The summed E-state index contributed by atoms with van der Waals surface area (Å²) in [6, 6.07) is 65.1. The molecule has 8 aromatic carbocycles. The summed E-state index contributed by atoms with van der Waals surface area (Å²) in [6.07, 6.45) is 0. The molecule has 0 aliphatic rings. The van der Waals surface area contributed by atoms with Gasteiger partial charge in [0.2, 0.25) is 0 Å². The van der Waals surface area contributed by atoms with Gasteiger partial charge in [-0.15, -0.1) is 11.3 Å². The SMILES string of the molecule is c1ccc(-c2nc3ccccc3nc2-n2c3ccccc3c3ccc4c5ccccc5n(-c5cccc6c5sc5c(-c7ccccc7)cccc56)c4c32)cc1. The van der Waals surface area contributed by atoms with Crippen LogP contribution in [0.25, 0.3) is 109 Å². The van der Waals surface area contributed by atoms with Crippen LogP contribution in [0.15, 0.2) is 182 Å². The molecule has 0 atom stereocenters. The molecule has 5 heteroatoms. The van der Waals surface area contributed by atoms with Crippen molar-refractivity contribution in [1.82, 2.24) is 19.1 Å². The molecule has 55 heavy (non-hydrogen) atoms. The van der Waals surface area contributed by atoms with Gasteiger partial charge in [-0.1, -0.05) is 152 Å². The fraction of sp³-hybridized carbons (Fsp3) is 0. The Kier molecular flexibility index (Phi) is 6.47. The molecule has 0 fully saturated rings. The molecule has 0 aliphatic carbocycles. The van der Waals surface area contributed by atoms with Crippen molar-refractivity contribution < 1.29 is 0 Å². The lowest BCUT2D eigenvalue weighted by Crippen LogP contribution is -2.05. The molecule has 0 aliphatic heterocycles. The molecule has 0 spiro atoms. The van der Waals surface area contributed by atoms with Gasteiger partial charge in [-0.3, -0.25) is 4.57 Å². The van der Waals surface area contributed by atoms with E-state index in [0.29, 0.717) is 0 Å². The monoisotopic (exact) mass is 718 g/mol. The predicted octanol–water partition coefficient (Wildman–Crippen LogP) is 13.5. The highest BCUT2D eigenvalue weighted by atomic mass is 32.1. The molecule has 0 bridgehead atoms. The van der Waals surface area contributed by atoms with Crippen LogP contribution >= 0.6 is 11.3 Å². The first-order chi connectivity index (χ1) is 27.3. The van der Waals surface area contributed by atoms with E-state index >= 15 is 0 Å². The quantitative estimate of drug-likeness (QED) is 0.182. The van der Waals surface area contributed by atoms with Crippen molar-refractivity contribution in [1.29, 1.82) is 0 Å². The highest BCUT2D eigenvalue weighted by molar-refractivity contribution is 7.26. The highest BCUT2D eigenvalue weighted by Gasteiger charge is 2.25. The van der Waals surface area contributed by atoms with Gasteiger partial charge in [0.1, 0.15) is 5.69 Å². The van der Waals surface area contributed by atoms with Crippen LogP contribution in [0, 0.1) is 0 Å². The number of hydrogen-bond donors (Lipinski definition) is 0. The van der Waals surface area contributed by atoms with Crippen LogP contribution in [0.1, 0.15) is 0 Å². The molecule has 4 heterocycles. The first kappa shape index (κ1) is 30.4. The van der Waals surface area contributed by atoms with Crippen molar-refractivity contribution in [2.45, 2.75) is 0 Å². The van der Waals surface area contributed by atoms with Crippen molar-refractivity contribution in [3.05, 3.63) is 182 Å². The van der Waals surface area contributed by atoms with Crippen molar-refractivity contribution in [2.24, 2.45) is 0 Å². The number of rotatable bonds is 4. The van der Waals surface area contributed by atoms with Gasteiger partial charge in [0.25, 0.3) is 0 Å². The number of nitrogens with zero attached hydrogens (tertiary/aromatic N) is 4. The Hall–Kier alpha value is -7.08. The van der Waals surface area contributed by atoms with Gasteiger partial charge in [0.05, 0.1) is 43.5 Å². The third kappa shape index (κ3) is 4.39. The number of hydrogen-bond acceptors (Lipinski definition) is 3. The Labute approximate surface area is 319 Å². The van der Waals surface area contributed by atoms with Crippen LogP contribution in [0.4, 0.5) is 0 Å². The fourth-order valence-corrected chi connectivity index (χ4v) is 10.1. The van der Waals surface area contributed by atoms with Gasteiger partial charge < -0.3 is 4.57 Å². The zero-order valence-corrected chi connectivity index (χ0v) is 30.3. The number of benzene rings is 8. The third-order valence-electron chi connectivity index (χ3n) is 11.1. The number of fused-ring (bicyclic) bond motifs is 11. The molecule has 0 N–H and O–H groups in total. The van der Waals surface area contributed by atoms with E-state index in [2.05, 4.69) is 179 Å². The molecule has 4 aromatic heterocycles. The molecule has 256 valence electrons. The van der Waals surface area contributed by atoms with Crippen LogP contribution in [0.2, 0.25) is 0 Å². The summed E-state index contributed by atoms with van der Waals surface area (Å²) < 4.78 is 7.45. The lowest BCUT2D eigenvalue weighted by atomic mass is 10.0. The van der Waals surface area contributed by atoms with Gasteiger partial charge >= 0.3 is 0 Å². The number of aromatic nitrogens is 4. The van der Waals surface area contributed by atoms with Crippen molar-refractivity contribution in [3.8, 4) is 33.9 Å². The number of thiophene rings is 1. The van der Waals surface area contributed by atoms with E-state index in [-0.39, 0.29) is 0 Å². The molecule has 0 saturated carbocycles. The topological polar surface area (TPSA) is 35.6 Å². The normalized spacial score (nSPS) is 12.0. The molecule has 0 amide bonds. The Bertz CT molecular complexity index is 3480. The lowest BCUT2D eigenvalue weighted by Gasteiger charge is -2.15. The maximum atomic E-state index is 5.47. The van der Waals surface area contributed by atoms with Gasteiger partial charge in [-0.2, -0.15) is 0 Å². The first-order valence-corrected chi connectivity index (χ1v) is 19.4. The van der Waals surface area contributed by atoms with E-state index in [4.69, 9.17) is 9.97 Å². The first-order valence-electron chi connectivity index (χ1n) is 18.6. The Balaban J connectivity index is 1.27. The second kappa shape index (κ2) is 11.7. The van der Waals surface area contributed by atoms with E-state index in [1.807, 2.05) is 23.5 Å². The van der Waals surface area contributed by atoms with Crippen LogP contribution in [-0.2, 0) is 0 Å². The minimum atomic E-state index is 0.813. The zero-order valence-electron chi connectivity index (χ0n) is 29.5. The average molecular weight is 719 g/mol. The van der Waals surface area contributed by atoms with E-state index < -0.39 is 0 Å². The van der Waals surface area contributed by atoms with Crippen molar-refractivity contribution >= 4 is 86.2 Å². The van der Waals surface area contributed by atoms with Crippen LogP contribution in [0.5, 0.6) is 0 Å². The van der Waals surface area contributed by atoms with E-state index in [0.717, 1.165) is 44.7 Å². The minimum absolute atomic E-state index is 0.813. The average Bonchev–Trinajstić information content (AvgIpc) is 3.92. The second-order valence-corrected chi connectivity index (χ2v) is 15.1. The van der Waals surface area contributed by atoms with E-state index in [9.17, 15) is 0 Å². The predicted molar refractivity (Wildman–Crippen MR) is 232 cm³/mol. The Morgan fingerprint density at radius 2 is 0.891 bits per heavy atom. The molecule has 12 aromatic rings. The Morgan fingerprint density at radius 1 is 0.364 bits per heavy atom. The summed E-state index contributed by atoms with van der Waals surface area (Å²) in [4.78, 5) is 10.8. The summed E-state index contributed by atoms with van der Waals surface area (Å²) >= 11 is 1.89. The second-order valence-electron chi connectivity index (χ2n) is 14.1. The summed E-state index contributed by atoms with van der Waals surface area (Å²) in [5.41, 5.74) is 11.8. The van der Waals surface area contributed by atoms with Crippen molar-refractivity contribution in [2.75, 3.05) is 0 Å². The molecule has 12 rings (SSSR count). The van der Waals surface area contributed by atoms with Gasteiger partial charge in [0.15, 0.2) is 5.82 Å². The van der Waals surface area contributed by atoms with Crippen LogP contribution in [-0.4, -0.2) is 19.1 Å². The van der Waals surface area contributed by atoms with E-state index in [1.165, 1.54) is 64.0 Å². The Morgan fingerprint density at radius 3 is 1.60 bits per heavy atom. The minimum Gasteiger partial charge on any atom is -0.306 e. The molecular formula is C50H30N4S. The molecule has 0 unspecified atom stereocenters. The van der Waals surface area contributed by atoms with Gasteiger partial charge in [-0.05, 0) is 41.5 Å². The summed E-state index contributed by atoms with van der Waals surface area (Å²) in [7, 11) is 0.